The fourth-order valence-electron chi connectivity index (χ4n) is 3.20. The van der Waals surface area contributed by atoms with Crippen LogP contribution in [0.4, 0.5) is 0 Å². The molecule has 2 aliphatic carbocycles. The lowest BCUT2D eigenvalue weighted by atomic mass is 9.72. The molecular formula is C20H29NO3. The van der Waals surface area contributed by atoms with Crippen LogP contribution in [0.3, 0.4) is 0 Å². The fraction of sp³-hybridized carbons (Fsp3) is 0.550. The average molecular weight is 331 g/mol. The molecule has 0 bridgehead atoms. The van der Waals surface area contributed by atoms with Crippen molar-refractivity contribution in [2.75, 3.05) is 13.3 Å². The zero-order valence-electron chi connectivity index (χ0n) is 14.5. The summed E-state index contributed by atoms with van der Waals surface area (Å²) in [5, 5.41) is 14.3. The number of carbonyl (C=O) groups excluding carboxylic acids is 1. The van der Waals surface area contributed by atoms with Crippen LogP contribution < -0.4 is 5.32 Å². The van der Waals surface area contributed by atoms with E-state index in [1.54, 1.807) is 0 Å². The van der Waals surface area contributed by atoms with Gasteiger partial charge in [0.15, 0.2) is 5.60 Å². The van der Waals surface area contributed by atoms with Crippen LogP contribution in [0, 0.1) is 18.8 Å². The van der Waals surface area contributed by atoms with Crippen LogP contribution in [0.25, 0.3) is 0 Å². The molecule has 0 amide bonds. The smallest absolute Gasteiger partial charge is 0.344 e. The van der Waals surface area contributed by atoms with E-state index < -0.39 is 11.6 Å². The highest BCUT2D eigenvalue weighted by Crippen LogP contribution is 2.39. The average Bonchev–Trinajstić information content (AvgIpc) is 2.93. The predicted octanol–water partition coefficient (Wildman–Crippen LogP) is 3.10. The van der Waals surface area contributed by atoms with Crippen molar-refractivity contribution < 1.29 is 14.6 Å². The van der Waals surface area contributed by atoms with Gasteiger partial charge in [-0.05, 0) is 31.4 Å². The standard InChI is InChI=1S/C18H27NO3.C2H2/c1-2-19-14-22-17(20)18(21,16-12-8-5-9-13-16)15-10-6-3-4-7-11-15;1-2/h3,6-7,10-11,16,19,21H,2,4-5,8-9,12-14H2,1H3;1-2H. The normalized spacial score (nSPS) is 20.1. The molecule has 1 atom stereocenters. The number of hydrogen-bond donors (Lipinski definition) is 2. The second-order valence-electron chi connectivity index (χ2n) is 5.97. The van der Waals surface area contributed by atoms with Crippen molar-refractivity contribution in [2.24, 2.45) is 5.92 Å². The maximum atomic E-state index is 12.6. The number of carbonyl (C=O) groups is 1. The largest absolute Gasteiger partial charge is 0.447 e. The van der Waals surface area contributed by atoms with E-state index in [0.717, 1.165) is 38.6 Å². The summed E-state index contributed by atoms with van der Waals surface area (Å²) >= 11 is 0. The molecule has 24 heavy (non-hydrogen) atoms. The molecule has 2 aliphatic rings. The van der Waals surface area contributed by atoms with Crippen LogP contribution in [0.15, 0.2) is 36.0 Å². The van der Waals surface area contributed by atoms with E-state index in [0.29, 0.717) is 5.57 Å². The van der Waals surface area contributed by atoms with Gasteiger partial charge in [0, 0.05) is 5.92 Å². The monoisotopic (exact) mass is 331 g/mol. The number of nitrogens with one attached hydrogen (secondary N) is 1. The van der Waals surface area contributed by atoms with Crippen LogP contribution in [0.2, 0.25) is 0 Å². The van der Waals surface area contributed by atoms with Crippen LogP contribution in [-0.4, -0.2) is 30.0 Å². The van der Waals surface area contributed by atoms with Gasteiger partial charge in [0.25, 0.3) is 0 Å². The molecule has 0 aliphatic heterocycles. The first kappa shape index (κ1) is 20.2. The summed E-state index contributed by atoms with van der Waals surface area (Å²) in [5.74, 6) is -0.607. The number of ether oxygens (including phenoxy) is 1. The summed E-state index contributed by atoms with van der Waals surface area (Å²) in [4.78, 5) is 12.6. The van der Waals surface area contributed by atoms with E-state index in [9.17, 15) is 9.90 Å². The van der Waals surface area contributed by atoms with Gasteiger partial charge >= 0.3 is 5.97 Å². The van der Waals surface area contributed by atoms with Gasteiger partial charge in [-0.2, -0.15) is 0 Å². The van der Waals surface area contributed by atoms with Crippen LogP contribution in [0.1, 0.15) is 45.4 Å². The van der Waals surface area contributed by atoms with Crippen molar-refractivity contribution in [3.8, 4) is 12.8 Å². The highest BCUT2D eigenvalue weighted by atomic mass is 16.6. The Morgan fingerprint density at radius 3 is 2.71 bits per heavy atom. The molecule has 2 N–H and O–H groups in total. The molecule has 0 aromatic rings. The minimum Gasteiger partial charge on any atom is -0.447 e. The van der Waals surface area contributed by atoms with Crippen molar-refractivity contribution >= 4 is 5.97 Å². The third-order valence-corrected chi connectivity index (χ3v) is 4.48. The predicted molar refractivity (Wildman–Crippen MR) is 97.0 cm³/mol. The molecule has 0 aromatic carbocycles. The van der Waals surface area contributed by atoms with Crippen molar-refractivity contribution in [1.29, 1.82) is 0 Å². The molecule has 0 heterocycles. The zero-order valence-corrected chi connectivity index (χ0v) is 14.5. The number of rotatable bonds is 6. The van der Waals surface area contributed by atoms with Gasteiger partial charge in [0.2, 0.25) is 0 Å². The Hall–Kier alpha value is -1.83. The van der Waals surface area contributed by atoms with Crippen molar-refractivity contribution in [3.63, 3.8) is 0 Å². The molecule has 4 nitrogen and oxygen atoms in total. The van der Waals surface area contributed by atoms with Crippen LogP contribution in [0.5, 0.6) is 0 Å². The Morgan fingerprint density at radius 1 is 1.33 bits per heavy atom. The summed E-state index contributed by atoms with van der Waals surface area (Å²) < 4.78 is 5.30. The van der Waals surface area contributed by atoms with Gasteiger partial charge in [-0.1, -0.05) is 56.6 Å². The molecule has 132 valence electrons. The molecule has 2 rings (SSSR count). The maximum Gasteiger partial charge on any atom is 0.344 e. The lowest BCUT2D eigenvalue weighted by Gasteiger charge is -2.37. The molecule has 1 fully saturated rings. The highest BCUT2D eigenvalue weighted by Gasteiger charge is 2.47. The van der Waals surface area contributed by atoms with Crippen LogP contribution in [-0.2, 0) is 9.53 Å². The Balaban J connectivity index is 0.00000139. The Labute approximate surface area is 145 Å². The van der Waals surface area contributed by atoms with Gasteiger partial charge in [0.1, 0.15) is 6.73 Å². The van der Waals surface area contributed by atoms with E-state index in [4.69, 9.17) is 4.74 Å². The van der Waals surface area contributed by atoms with E-state index in [1.165, 1.54) is 6.42 Å². The van der Waals surface area contributed by atoms with Gasteiger partial charge in [0.05, 0.1) is 0 Å². The van der Waals surface area contributed by atoms with E-state index >= 15 is 0 Å². The van der Waals surface area contributed by atoms with Gasteiger partial charge < -0.3 is 9.84 Å². The third kappa shape index (κ3) is 5.09. The van der Waals surface area contributed by atoms with Gasteiger partial charge in [-0.25, -0.2) is 4.79 Å². The minimum absolute atomic E-state index is 0.0715. The topological polar surface area (TPSA) is 58.6 Å². The Kier molecular flexibility index (Phi) is 9.14. The first-order valence-electron chi connectivity index (χ1n) is 8.67. The Morgan fingerprint density at radius 2 is 2.04 bits per heavy atom. The van der Waals surface area contributed by atoms with Gasteiger partial charge in [-0.3, -0.25) is 5.32 Å². The van der Waals surface area contributed by atoms with E-state index in [2.05, 4.69) is 18.2 Å². The molecule has 0 spiro atoms. The lowest BCUT2D eigenvalue weighted by Crippen LogP contribution is -2.49. The molecule has 1 saturated carbocycles. The number of terminal acetylenes is 1. The number of esters is 1. The number of aliphatic hydroxyl groups is 1. The summed E-state index contributed by atoms with van der Waals surface area (Å²) in [6.45, 7) is 2.81. The van der Waals surface area contributed by atoms with Crippen LogP contribution >= 0.6 is 0 Å². The molecular weight excluding hydrogens is 302 g/mol. The highest BCUT2D eigenvalue weighted by molar-refractivity contribution is 5.85. The lowest BCUT2D eigenvalue weighted by molar-refractivity contribution is -0.168. The Bertz CT molecular complexity index is 498. The molecule has 0 saturated heterocycles. The van der Waals surface area contributed by atoms with Crippen molar-refractivity contribution in [3.05, 3.63) is 36.0 Å². The molecule has 0 aromatic heterocycles. The zero-order chi connectivity index (χ0) is 17.8. The second kappa shape index (κ2) is 10.9. The van der Waals surface area contributed by atoms with E-state index in [1.807, 2.05) is 37.3 Å². The second-order valence-corrected chi connectivity index (χ2v) is 5.97. The molecule has 1 unspecified atom stereocenters. The van der Waals surface area contributed by atoms with Crippen molar-refractivity contribution in [1.82, 2.24) is 5.32 Å². The van der Waals surface area contributed by atoms with Gasteiger partial charge in [-0.15, -0.1) is 12.8 Å². The third-order valence-electron chi connectivity index (χ3n) is 4.48. The molecule has 0 radical (unpaired) electrons. The summed E-state index contributed by atoms with van der Waals surface area (Å²) in [5.41, 5.74) is -0.893. The minimum atomic E-state index is -1.54. The summed E-state index contributed by atoms with van der Waals surface area (Å²) in [6, 6.07) is 0. The van der Waals surface area contributed by atoms with Crippen molar-refractivity contribution in [2.45, 2.75) is 51.0 Å². The first-order chi connectivity index (χ1) is 11.7. The first-order valence-corrected chi connectivity index (χ1v) is 8.67. The number of allylic oxidation sites excluding steroid dienone is 4. The SMILES string of the molecule is C#C.CCNCOC(=O)C(O)(C1=CC=CCC=C1)C1CCCCC1. The maximum absolute atomic E-state index is 12.6. The number of hydrogen-bond acceptors (Lipinski definition) is 4. The molecule has 4 heteroatoms. The van der Waals surface area contributed by atoms with E-state index in [-0.39, 0.29) is 12.6 Å². The fourth-order valence-corrected chi connectivity index (χ4v) is 3.20. The summed E-state index contributed by atoms with van der Waals surface area (Å²) in [7, 11) is 0. The quantitative estimate of drug-likeness (QED) is 0.340. The summed E-state index contributed by atoms with van der Waals surface area (Å²) in [6.07, 6.45) is 23.4.